The smallest absolute Gasteiger partial charge is 0.254 e. The third-order valence-electron chi connectivity index (χ3n) is 3.80. The molecule has 21 heavy (non-hydrogen) atoms. The average Bonchev–Trinajstić information content (AvgIpc) is 2.79. The second-order valence-electron chi connectivity index (χ2n) is 5.39. The number of nitrogens with two attached hydrogens (primary N) is 1. The molecule has 1 aromatic rings. The van der Waals surface area contributed by atoms with E-state index < -0.39 is 5.91 Å². The minimum Gasteiger partial charge on any atom is -0.332 e. The van der Waals surface area contributed by atoms with E-state index in [4.69, 9.17) is 5.84 Å². The average molecular weight is 289 g/mol. The zero-order valence-electron chi connectivity index (χ0n) is 12.2. The number of hydrazine groups is 1. The third kappa shape index (κ3) is 3.11. The maximum Gasteiger partial charge on any atom is 0.254 e. The highest BCUT2D eigenvalue weighted by Gasteiger charge is 2.30. The standard InChI is InChI=1S/C15H19N3O3/c1-10-3-5-13-12(7-10)8-17(15(13)21)11(2)4-6-14(20)18(16)9-19/h3,5,7,9,11H,4,6,8,16H2,1-2H3. The first kappa shape index (κ1) is 15.2. The lowest BCUT2D eigenvalue weighted by atomic mass is 10.1. The van der Waals surface area contributed by atoms with Crippen molar-refractivity contribution in [1.82, 2.24) is 9.91 Å². The minimum atomic E-state index is -0.447. The maximum absolute atomic E-state index is 12.3. The summed E-state index contributed by atoms with van der Waals surface area (Å²) < 4.78 is 0. The van der Waals surface area contributed by atoms with Crippen LogP contribution in [-0.4, -0.2) is 34.2 Å². The van der Waals surface area contributed by atoms with Crippen LogP contribution >= 0.6 is 0 Å². The third-order valence-corrected chi connectivity index (χ3v) is 3.80. The molecule has 112 valence electrons. The van der Waals surface area contributed by atoms with Crippen LogP contribution in [0.3, 0.4) is 0 Å². The van der Waals surface area contributed by atoms with Gasteiger partial charge in [-0.2, -0.15) is 0 Å². The lowest BCUT2D eigenvalue weighted by Gasteiger charge is -2.24. The first-order chi connectivity index (χ1) is 9.93. The van der Waals surface area contributed by atoms with Gasteiger partial charge in [-0.25, -0.2) is 10.9 Å². The van der Waals surface area contributed by atoms with Crippen LogP contribution in [0.2, 0.25) is 0 Å². The van der Waals surface area contributed by atoms with Crippen LogP contribution in [0.1, 0.15) is 41.3 Å². The Morgan fingerprint density at radius 2 is 2.24 bits per heavy atom. The largest absolute Gasteiger partial charge is 0.332 e. The van der Waals surface area contributed by atoms with Gasteiger partial charge in [-0.15, -0.1) is 0 Å². The van der Waals surface area contributed by atoms with Gasteiger partial charge in [0.1, 0.15) is 0 Å². The molecule has 3 amide bonds. The number of benzene rings is 1. The molecule has 0 aliphatic carbocycles. The highest BCUT2D eigenvalue weighted by atomic mass is 16.2. The van der Waals surface area contributed by atoms with Crippen LogP contribution in [0.4, 0.5) is 0 Å². The predicted octanol–water partition coefficient (Wildman–Crippen LogP) is 0.978. The Labute approximate surface area is 123 Å². The van der Waals surface area contributed by atoms with Gasteiger partial charge in [-0.05, 0) is 31.9 Å². The van der Waals surface area contributed by atoms with Gasteiger partial charge in [0.15, 0.2) is 0 Å². The molecule has 0 radical (unpaired) electrons. The molecule has 0 fully saturated rings. The molecule has 0 spiro atoms. The molecule has 0 saturated carbocycles. The Kier molecular flexibility index (Phi) is 4.37. The monoisotopic (exact) mass is 289 g/mol. The summed E-state index contributed by atoms with van der Waals surface area (Å²) in [4.78, 5) is 36.0. The number of amides is 3. The summed E-state index contributed by atoms with van der Waals surface area (Å²) in [6.45, 7) is 4.45. The lowest BCUT2D eigenvalue weighted by molar-refractivity contribution is -0.138. The topological polar surface area (TPSA) is 83.7 Å². The van der Waals surface area contributed by atoms with E-state index in [-0.39, 0.29) is 24.8 Å². The number of hydrogen-bond donors (Lipinski definition) is 1. The molecule has 2 N–H and O–H groups in total. The molecule has 1 aromatic carbocycles. The second kappa shape index (κ2) is 6.05. The number of imide groups is 1. The van der Waals surface area contributed by atoms with Crippen molar-refractivity contribution in [3.8, 4) is 0 Å². The molecular formula is C15H19N3O3. The van der Waals surface area contributed by atoms with Gasteiger partial charge in [0.25, 0.3) is 5.91 Å². The van der Waals surface area contributed by atoms with E-state index in [9.17, 15) is 14.4 Å². The fourth-order valence-corrected chi connectivity index (χ4v) is 2.50. The lowest BCUT2D eigenvalue weighted by Crippen LogP contribution is -2.38. The van der Waals surface area contributed by atoms with Crippen LogP contribution in [0, 0.1) is 6.92 Å². The number of carbonyl (C=O) groups is 3. The quantitative estimate of drug-likeness (QED) is 0.379. The van der Waals surface area contributed by atoms with E-state index in [1.807, 2.05) is 32.0 Å². The van der Waals surface area contributed by atoms with Crippen molar-refractivity contribution in [3.63, 3.8) is 0 Å². The normalized spacial score (nSPS) is 14.8. The first-order valence-electron chi connectivity index (χ1n) is 6.86. The van der Waals surface area contributed by atoms with Gasteiger partial charge in [-0.3, -0.25) is 14.4 Å². The molecular weight excluding hydrogens is 270 g/mol. The minimum absolute atomic E-state index is 0.00931. The van der Waals surface area contributed by atoms with E-state index in [2.05, 4.69) is 0 Å². The van der Waals surface area contributed by atoms with E-state index in [0.717, 1.165) is 16.7 Å². The molecule has 6 heteroatoms. The van der Waals surface area contributed by atoms with Crippen LogP contribution in [0.15, 0.2) is 18.2 Å². The van der Waals surface area contributed by atoms with Crippen LogP contribution in [0.25, 0.3) is 0 Å². The van der Waals surface area contributed by atoms with Crippen LogP contribution in [0.5, 0.6) is 0 Å². The van der Waals surface area contributed by atoms with Gasteiger partial charge >= 0.3 is 0 Å². The van der Waals surface area contributed by atoms with E-state index in [1.165, 1.54) is 0 Å². The Balaban J connectivity index is 1.99. The molecule has 6 nitrogen and oxygen atoms in total. The Morgan fingerprint density at radius 1 is 1.52 bits per heavy atom. The summed E-state index contributed by atoms with van der Waals surface area (Å²) >= 11 is 0. The zero-order valence-corrected chi connectivity index (χ0v) is 12.2. The zero-order chi connectivity index (χ0) is 15.6. The molecule has 1 atom stereocenters. The van der Waals surface area contributed by atoms with Crippen LogP contribution < -0.4 is 5.84 Å². The summed E-state index contributed by atoms with van der Waals surface area (Å²) in [6, 6.07) is 5.69. The number of nitrogens with zero attached hydrogens (tertiary/aromatic N) is 2. The van der Waals surface area contributed by atoms with Crippen molar-refractivity contribution in [2.75, 3.05) is 0 Å². The van der Waals surface area contributed by atoms with Gasteiger partial charge in [0, 0.05) is 24.6 Å². The van der Waals surface area contributed by atoms with Crippen molar-refractivity contribution in [1.29, 1.82) is 0 Å². The first-order valence-corrected chi connectivity index (χ1v) is 6.86. The number of aryl methyl sites for hydroxylation is 1. The molecule has 2 rings (SSSR count). The summed E-state index contributed by atoms with van der Waals surface area (Å²) in [5.74, 6) is 4.75. The molecule has 1 aliphatic heterocycles. The fraction of sp³-hybridized carbons (Fsp3) is 0.400. The summed E-state index contributed by atoms with van der Waals surface area (Å²) in [7, 11) is 0. The van der Waals surface area contributed by atoms with Gasteiger partial charge < -0.3 is 4.90 Å². The maximum atomic E-state index is 12.3. The number of fused-ring (bicyclic) bond motifs is 1. The highest BCUT2D eigenvalue weighted by molar-refractivity contribution is 5.98. The van der Waals surface area contributed by atoms with E-state index >= 15 is 0 Å². The Bertz CT molecular complexity index is 586. The molecule has 0 bridgehead atoms. The second-order valence-corrected chi connectivity index (χ2v) is 5.39. The Hall–Kier alpha value is -2.21. The van der Waals surface area contributed by atoms with Gasteiger partial charge in [0.2, 0.25) is 12.3 Å². The van der Waals surface area contributed by atoms with Gasteiger partial charge in [-0.1, -0.05) is 17.7 Å². The van der Waals surface area contributed by atoms with Crippen molar-refractivity contribution in [3.05, 3.63) is 34.9 Å². The van der Waals surface area contributed by atoms with Crippen molar-refractivity contribution in [2.24, 2.45) is 5.84 Å². The molecule has 1 unspecified atom stereocenters. The number of rotatable bonds is 5. The summed E-state index contributed by atoms with van der Waals surface area (Å²) in [5, 5.41) is 0.538. The Morgan fingerprint density at radius 3 is 2.90 bits per heavy atom. The number of carbonyl (C=O) groups excluding carboxylic acids is 3. The van der Waals surface area contributed by atoms with Crippen molar-refractivity contribution >= 4 is 18.2 Å². The fourth-order valence-electron chi connectivity index (χ4n) is 2.50. The van der Waals surface area contributed by atoms with Crippen molar-refractivity contribution < 1.29 is 14.4 Å². The van der Waals surface area contributed by atoms with Crippen LogP contribution in [-0.2, 0) is 16.1 Å². The molecule has 1 aliphatic rings. The van der Waals surface area contributed by atoms with Crippen molar-refractivity contribution in [2.45, 2.75) is 39.3 Å². The SMILES string of the molecule is Cc1ccc2c(c1)CN(C(C)CCC(=O)N(N)C=O)C2=O. The van der Waals surface area contributed by atoms with E-state index in [0.29, 0.717) is 18.0 Å². The molecule has 0 aromatic heterocycles. The number of hydrogen-bond acceptors (Lipinski definition) is 4. The van der Waals surface area contributed by atoms with E-state index in [1.54, 1.807) is 4.90 Å². The highest BCUT2D eigenvalue weighted by Crippen LogP contribution is 2.26. The molecule has 1 heterocycles. The summed E-state index contributed by atoms with van der Waals surface area (Å²) in [6.07, 6.45) is 0.890. The predicted molar refractivity (Wildman–Crippen MR) is 76.8 cm³/mol. The van der Waals surface area contributed by atoms with Gasteiger partial charge in [0.05, 0.1) is 0 Å². The summed E-state index contributed by atoms with van der Waals surface area (Å²) in [5.41, 5.74) is 2.87. The molecule has 0 saturated heterocycles.